The molecular formula is C16H24N2O5S. The Labute approximate surface area is 142 Å². The molecule has 1 aromatic carbocycles. The zero-order valence-electron chi connectivity index (χ0n) is 13.8. The van der Waals surface area contributed by atoms with E-state index in [1.165, 1.54) is 12.1 Å². The van der Waals surface area contributed by atoms with Gasteiger partial charge in [-0.1, -0.05) is 0 Å². The minimum absolute atomic E-state index is 0.0247. The first kappa shape index (κ1) is 18.7. The van der Waals surface area contributed by atoms with Crippen LogP contribution in [0.5, 0.6) is 0 Å². The topological polar surface area (TPSA) is 95.9 Å². The van der Waals surface area contributed by atoms with Crippen LogP contribution in [0.2, 0.25) is 0 Å². The standard InChI is InChI=1S/C16H24N2O5S/c1-23-11-5-8-17-24(21,22)13-6-7-15(14(12-13)16(19)20)18-9-3-2-4-10-18/h6-7,12,17H,2-5,8-11H2,1H3,(H,19,20). The molecule has 1 fully saturated rings. The van der Waals surface area contributed by atoms with Crippen molar-refractivity contribution in [1.82, 2.24) is 4.72 Å². The number of hydrogen-bond acceptors (Lipinski definition) is 5. The number of methoxy groups -OCH3 is 1. The molecule has 0 spiro atoms. The van der Waals surface area contributed by atoms with Gasteiger partial charge in [0.25, 0.3) is 0 Å². The lowest BCUT2D eigenvalue weighted by molar-refractivity contribution is 0.0697. The van der Waals surface area contributed by atoms with Crippen LogP contribution in [0.4, 0.5) is 5.69 Å². The van der Waals surface area contributed by atoms with E-state index in [0.717, 1.165) is 32.4 Å². The van der Waals surface area contributed by atoms with Crippen molar-refractivity contribution in [2.45, 2.75) is 30.6 Å². The SMILES string of the molecule is COCCCNS(=O)(=O)c1ccc(N2CCCCC2)c(C(=O)O)c1. The number of carbonyl (C=O) groups is 1. The van der Waals surface area contributed by atoms with Gasteiger partial charge in [0.05, 0.1) is 16.1 Å². The fraction of sp³-hybridized carbons (Fsp3) is 0.562. The van der Waals surface area contributed by atoms with E-state index < -0.39 is 16.0 Å². The summed E-state index contributed by atoms with van der Waals surface area (Å²) in [4.78, 5) is 13.6. The summed E-state index contributed by atoms with van der Waals surface area (Å²) in [6.07, 6.45) is 3.71. The monoisotopic (exact) mass is 356 g/mol. The highest BCUT2D eigenvalue weighted by atomic mass is 32.2. The van der Waals surface area contributed by atoms with Crippen molar-refractivity contribution in [1.29, 1.82) is 0 Å². The maximum Gasteiger partial charge on any atom is 0.337 e. The van der Waals surface area contributed by atoms with Crippen molar-refractivity contribution in [2.75, 3.05) is 38.3 Å². The lowest BCUT2D eigenvalue weighted by Crippen LogP contribution is -2.31. The Kier molecular flexibility index (Phi) is 6.59. The second-order valence-electron chi connectivity index (χ2n) is 5.78. The summed E-state index contributed by atoms with van der Waals surface area (Å²) in [7, 11) is -2.18. The number of carboxylic acids is 1. The molecular weight excluding hydrogens is 332 g/mol. The molecule has 0 unspecified atom stereocenters. The molecule has 0 atom stereocenters. The molecule has 24 heavy (non-hydrogen) atoms. The van der Waals surface area contributed by atoms with Gasteiger partial charge < -0.3 is 14.7 Å². The Balaban J connectivity index is 2.22. The van der Waals surface area contributed by atoms with Crippen LogP contribution in [0.15, 0.2) is 23.1 Å². The first-order valence-electron chi connectivity index (χ1n) is 8.06. The third kappa shape index (κ3) is 4.68. The number of carboxylic acid groups (broad SMARTS) is 1. The molecule has 134 valence electrons. The van der Waals surface area contributed by atoms with Gasteiger partial charge in [-0.05, 0) is 43.9 Å². The smallest absolute Gasteiger partial charge is 0.337 e. The van der Waals surface area contributed by atoms with Crippen LogP contribution in [0.25, 0.3) is 0 Å². The third-order valence-electron chi connectivity index (χ3n) is 4.02. The normalized spacial score (nSPS) is 15.5. The Morgan fingerprint density at radius 2 is 2.00 bits per heavy atom. The molecule has 1 aromatic rings. The maximum atomic E-state index is 12.3. The highest BCUT2D eigenvalue weighted by molar-refractivity contribution is 7.89. The molecule has 0 radical (unpaired) electrons. The predicted molar refractivity (Wildman–Crippen MR) is 91.1 cm³/mol. The number of nitrogens with zero attached hydrogens (tertiary/aromatic N) is 1. The van der Waals surface area contributed by atoms with Crippen LogP contribution in [0.3, 0.4) is 0 Å². The Hall–Kier alpha value is -1.64. The number of anilines is 1. The van der Waals surface area contributed by atoms with Crippen LogP contribution in [0.1, 0.15) is 36.0 Å². The molecule has 0 amide bonds. The van der Waals surface area contributed by atoms with Crippen LogP contribution in [0, 0.1) is 0 Å². The van der Waals surface area contributed by atoms with E-state index >= 15 is 0 Å². The van der Waals surface area contributed by atoms with Gasteiger partial charge in [0.1, 0.15) is 0 Å². The van der Waals surface area contributed by atoms with E-state index in [9.17, 15) is 18.3 Å². The fourth-order valence-electron chi connectivity index (χ4n) is 2.77. The van der Waals surface area contributed by atoms with Gasteiger partial charge >= 0.3 is 5.97 Å². The molecule has 0 aromatic heterocycles. The van der Waals surface area contributed by atoms with Gasteiger partial charge in [-0.2, -0.15) is 0 Å². The van der Waals surface area contributed by atoms with Gasteiger partial charge in [-0.15, -0.1) is 0 Å². The number of piperidine rings is 1. The van der Waals surface area contributed by atoms with Crippen molar-refractivity contribution in [3.05, 3.63) is 23.8 Å². The van der Waals surface area contributed by atoms with E-state index in [1.54, 1.807) is 13.2 Å². The molecule has 2 N–H and O–H groups in total. The second kappa shape index (κ2) is 8.46. The summed E-state index contributed by atoms with van der Waals surface area (Å²) < 4.78 is 31.9. The molecule has 0 aliphatic carbocycles. The van der Waals surface area contributed by atoms with Crippen molar-refractivity contribution in [2.24, 2.45) is 0 Å². The van der Waals surface area contributed by atoms with E-state index in [0.29, 0.717) is 18.7 Å². The van der Waals surface area contributed by atoms with Crippen LogP contribution >= 0.6 is 0 Å². The van der Waals surface area contributed by atoms with Gasteiger partial charge in [0.2, 0.25) is 10.0 Å². The molecule has 1 heterocycles. The molecule has 7 nitrogen and oxygen atoms in total. The summed E-state index contributed by atoms with van der Waals surface area (Å²) in [6.45, 7) is 2.28. The second-order valence-corrected chi connectivity index (χ2v) is 7.54. The Morgan fingerprint density at radius 1 is 1.29 bits per heavy atom. The predicted octanol–water partition coefficient (Wildman–Crippen LogP) is 1.69. The van der Waals surface area contributed by atoms with Gasteiger partial charge in [-0.25, -0.2) is 17.9 Å². The minimum Gasteiger partial charge on any atom is -0.478 e. The molecule has 1 aliphatic rings. The number of ether oxygens (including phenoxy) is 1. The summed E-state index contributed by atoms with van der Waals surface area (Å²) in [5.41, 5.74) is 0.609. The first-order valence-corrected chi connectivity index (χ1v) is 9.55. The van der Waals surface area contributed by atoms with Gasteiger partial charge in [-0.3, -0.25) is 0 Å². The number of aromatic carboxylic acids is 1. The van der Waals surface area contributed by atoms with Crippen molar-refractivity contribution in [3.8, 4) is 0 Å². The molecule has 8 heteroatoms. The third-order valence-corrected chi connectivity index (χ3v) is 5.48. The van der Waals surface area contributed by atoms with Gasteiger partial charge in [0.15, 0.2) is 0 Å². The highest BCUT2D eigenvalue weighted by Crippen LogP contribution is 2.27. The van der Waals surface area contributed by atoms with Crippen LogP contribution < -0.4 is 9.62 Å². The molecule has 1 saturated heterocycles. The largest absolute Gasteiger partial charge is 0.478 e. The summed E-state index contributed by atoms with van der Waals surface area (Å²) >= 11 is 0. The van der Waals surface area contributed by atoms with Crippen molar-refractivity contribution in [3.63, 3.8) is 0 Å². The molecule has 1 aliphatic heterocycles. The average molecular weight is 356 g/mol. The van der Waals surface area contributed by atoms with E-state index in [-0.39, 0.29) is 17.0 Å². The number of benzene rings is 1. The lowest BCUT2D eigenvalue weighted by atomic mass is 10.1. The lowest BCUT2D eigenvalue weighted by Gasteiger charge is -2.30. The van der Waals surface area contributed by atoms with Crippen molar-refractivity contribution >= 4 is 21.7 Å². The van der Waals surface area contributed by atoms with E-state index in [2.05, 4.69) is 4.72 Å². The van der Waals surface area contributed by atoms with E-state index in [1.807, 2.05) is 4.90 Å². The molecule has 0 bridgehead atoms. The summed E-state index contributed by atoms with van der Waals surface area (Å²) in [6, 6.07) is 4.30. The minimum atomic E-state index is -3.73. The number of sulfonamides is 1. The quantitative estimate of drug-likeness (QED) is 0.688. The average Bonchev–Trinajstić information content (AvgIpc) is 2.59. The fourth-order valence-corrected chi connectivity index (χ4v) is 3.87. The summed E-state index contributed by atoms with van der Waals surface area (Å²) in [5.74, 6) is -1.12. The Bertz CT molecular complexity index is 669. The highest BCUT2D eigenvalue weighted by Gasteiger charge is 2.22. The zero-order chi connectivity index (χ0) is 17.6. The van der Waals surface area contributed by atoms with Crippen LogP contribution in [-0.4, -0.2) is 52.8 Å². The zero-order valence-corrected chi connectivity index (χ0v) is 14.6. The molecule has 0 saturated carbocycles. The summed E-state index contributed by atoms with van der Waals surface area (Å²) in [5, 5.41) is 9.47. The van der Waals surface area contributed by atoms with E-state index in [4.69, 9.17) is 4.74 Å². The number of hydrogen-bond donors (Lipinski definition) is 2. The van der Waals surface area contributed by atoms with Crippen molar-refractivity contribution < 1.29 is 23.1 Å². The molecule has 2 rings (SSSR count). The first-order chi connectivity index (χ1) is 11.5. The van der Waals surface area contributed by atoms with Crippen LogP contribution in [-0.2, 0) is 14.8 Å². The number of nitrogens with one attached hydrogen (secondary N) is 1. The Morgan fingerprint density at radius 3 is 2.62 bits per heavy atom. The maximum absolute atomic E-state index is 12.3. The van der Waals surface area contributed by atoms with Gasteiger partial charge in [0, 0.05) is 33.4 Å². The number of rotatable bonds is 8.